The SMILES string of the molecule is C/C(=N\OCc1cccc(-c2noc(C)n2)c1)c1ccc(O)c(O)c1. The van der Waals surface area contributed by atoms with Crippen molar-refractivity contribution in [3.63, 3.8) is 0 Å². The summed E-state index contributed by atoms with van der Waals surface area (Å²) in [6.07, 6.45) is 0. The highest BCUT2D eigenvalue weighted by Gasteiger charge is 2.07. The predicted molar refractivity (Wildman–Crippen MR) is 91.2 cm³/mol. The van der Waals surface area contributed by atoms with E-state index in [0.29, 0.717) is 23.0 Å². The summed E-state index contributed by atoms with van der Waals surface area (Å²) in [5, 5.41) is 26.8. The van der Waals surface area contributed by atoms with Gasteiger partial charge in [0.15, 0.2) is 11.5 Å². The fourth-order valence-electron chi connectivity index (χ4n) is 2.22. The van der Waals surface area contributed by atoms with Crippen molar-refractivity contribution in [2.45, 2.75) is 20.5 Å². The van der Waals surface area contributed by atoms with Gasteiger partial charge in [-0.05, 0) is 36.8 Å². The molecule has 0 spiro atoms. The third kappa shape index (κ3) is 3.95. The highest BCUT2D eigenvalue weighted by atomic mass is 16.6. The second-order valence-corrected chi connectivity index (χ2v) is 5.49. The van der Waals surface area contributed by atoms with Crippen molar-refractivity contribution in [1.82, 2.24) is 10.1 Å². The van der Waals surface area contributed by atoms with Gasteiger partial charge in [0, 0.05) is 18.1 Å². The summed E-state index contributed by atoms with van der Waals surface area (Å²) in [5.41, 5.74) is 2.98. The Hall–Kier alpha value is -3.35. The quantitative estimate of drug-likeness (QED) is 0.420. The summed E-state index contributed by atoms with van der Waals surface area (Å²) in [4.78, 5) is 9.58. The van der Waals surface area contributed by atoms with Crippen molar-refractivity contribution in [1.29, 1.82) is 0 Å². The number of hydrogen-bond donors (Lipinski definition) is 2. The minimum atomic E-state index is -0.199. The molecule has 0 aliphatic heterocycles. The maximum Gasteiger partial charge on any atom is 0.223 e. The Morgan fingerprint density at radius 2 is 2.00 bits per heavy atom. The fourth-order valence-corrected chi connectivity index (χ4v) is 2.22. The Bertz CT molecular complexity index is 918. The molecule has 0 radical (unpaired) electrons. The molecule has 0 saturated carbocycles. The Labute approximate surface area is 144 Å². The molecule has 128 valence electrons. The number of phenolic OH excluding ortho intramolecular Hbond substituents is 2. The van der Waals surface area contributed by atoms with Crippen molar-refractivity contribution in [2.75, 3.05) is 0 Å². The van der Waals surface area contributed by atoms with E-state index in [4.69, 9.17) is 9.36 Å². The van der Waals surface area contributed by atoms with Gasteiger partial charge in [-0.25, -0.2) is 0 Å². The van der Waals surface area contributed by atoms with Crippen molar-refractivity contribution in [2.24, 2.45) is 5.16 Å². The molecule has 7 nitrogen and oxygen atoms in total. The normalized spacial score (nSPS) is 11.5. The molecule has 7 heteroatoms. The van der Waals surface area contributed by atoms with Crippen LogP contribution in [-0.4, -0.2) is 26.1 Å². The van der Waals surface area contributed by atoms with Crippen LogP contribution in [0.5, 0.6) is 11.5 Å². The first-order chi connectivity index (χ1) is 12.0. The Morgan fingerprint density at radius 1 is 1.16 bits per heavy atom. The lowest BCUT2D eigenvalue weighted by molar-refractivity contribution is 0.130. The lowest BCUT2D eigenvalue weighted by Crippen LogP contribution is -1.97. The molecule has 0 amide bonds. The molecule has 3 rings (SSSR count). The molecule has 0 aliphatic rings. The van der Waals surface area contributed by atoms with Gasteiger partial charge in [-0.1, -0.05) is 28.5 Å². The van der Waals surface area contributed by atoms with Gasteiger partial charge in [-0.15, -0.1) is 0 Å². The number of aryl methyl sites for hydroxylation is 1. The van der Waals surface area contributed by atoms with E-state index in [0.717, 1.165) is 11.1 Å². The summed E-state index contributed by atoms with van der Waals surface area (Å²) < 4.78 is 4.99. The van der Waals surface area contributed by atoms with E-state index in [2.05, 4.69) is 15.3 Å². The van der Waals surface area contributed by atoms with Crippen LogP contribution in [0.1, 0.15) is 23.9 Å². The maximum atomic E-state index is 9.53. The number of rotatable bonds is 5. The van der Waals surface area contributed by atoms with Gasteiger partial charge in [0.2, 0.25) is 11.7 Å². The summed E-state index contributed by atoms with van der Waals surface area (Å²) >= 11 is 0. The lowest BCUT2D eigenvalue weighted by atomic mass is 10.1. The number of benzene rings is 2. The molecule has 3 aromatic rings. The molecule has 0 unspecified atom stereocenters. The molecule has 0 aliphatic carbocycles. The third-order valence-electron chi connectivity index (χ3n) is 3.54. The average molecular weight is 339 g/mol. The first-order valence-electron chi connectivity index (χ1n) is 7.61. The third-order valence-corrected chi connectivity index (χ3v) is 3.54. The zero-order valence-corrected chi connectivity index (χ0v) is 13.8. The van der Waals surface area contributed by atoms with Crippen molar-refractivity contribution in [3.05, 3.63) is 59.5 Å². The van der Waals surface area contributed by atoms with Crippen LogP contribution in [0.15, 0.2) is 52.1 Å². The second kappa shape index (κ2) is 7.04. The highest BCUT2D eigenvalue weighted by molar-refractivity contribution is 5.98. The molecule has 2 aromatic carbocycles. The molecule has 0 bridgehead atoms. The van der Waals surface area contributed by atoms with Crippen molar-refractivity contribution < 1.29 is 19.6 Å². The lowest BCUT2D eigenvalue weighted by Gasteiger charge is -2.05. The number of hydrogen-bond acceptors (Lipinski definition) is 7. The first-order valence-corrected chi connectivity index (χ1v) is 7.61. The smallest absolute Gasteiger partial charge is 0.223 e. The van der Waals surface area contributed by atoms with E-state index < -0.39 is 0 Å². The summed E-state index contributed by atoms with van der Waals surface area (Å²) in [6, 6.07) is 12.1. The minimum absolute atomic E-state index is 0.175. The number of aromatic hydroxyl groups is 2. The zero-order valence-electron chi connectivity index (χ0n) is 13.8. The van der Waals surface area contributed by atoms with E-state index in [-0.39, 0.29) is 18.1 Å². The van der Waals surface area contributed by atoms with E-state index >= 15 is 0 Å². The highest BCUT2D eigenvalue weighted by Crippen LogP contribution is 2.25. The molecule has 0 saturated heterocycles. The number of aromatic nitrogens is 2. The van der Waals surface area contributed by atoms with Crippen LogP contribution in [0, 0.1) is 6.92 Å². The van der Waals surface area contributed by atoms with E-state index in [1.165, 1.54) is 12.1 Å². The van der Waals surface area contributed by atoms with Gasteiger partial charge in [0.05, 0.1) is 5.71 Å². The molecule has 0 fully saturated rings. The molecule has 0 atom stereocenters. The topological polar surface area (TPSA) is 101 Å². The standard InChI is InChI=1S/C18H17N3O4/c1-11(14-6-7-16(22)17(23)9-14)20-24-10-13-4-3-5-15(8-13)18-19-12(2)25-21-18/h3-9,22-23H,10H2,1-2H3/b20-11+. The zero-order chi connectivity index (χ0) is 17.8. The molecule has 1 aromatic heterocycles. The van der Waals surface area contributed by atoms with Gasteiger partial charge >= 0.3 is 0 Å². The molecule has 25 heavy (non-hydrogen) atoms. The van der Waals surface area contributed by atoms with E-state index in [1.54, 1.807) is 19.9 Å². The minimum Gasteiger partial charge on any atom is -0.504 e. The number of nitrogens with zero attached hydrogens (tertiary/aromatic N) is 3. The van der Waals surface area contributed by atoms with Crippen LogP contribution >= 0.6 is 0 Å². The summed E-state index contributed by atoms with van der Waals surface area (Å²) in [7, 11) is 0. The van der Waals surface area contributed by atoms with E-state index in [1.807, 2.05) is 24.3 Å². The van der Waals surface area contributed by atoms with Gasteiger partial charge in [-0.3, -0.25) is 0 Å². The Kier molecular flexibility index (Phi) is 4.65. The van der Waals surface area contributed by atoms with Crippen LogP contribution in [0.4, 0.5) is 0 Å². The van der Waals surface area contributed by atoms with Crippen LogP contribution < -0.4 is 0 Å². The number of phenols is 2. The van der Waals surface area contributed by atoms with Crippen LogP contribution in [0.25, 0.3) is 11.4 Å². The van der Waals surface area contributed by atoms with Crippen LogP contribution in [0.2, 0.25) is 0 Å². The average Bonchev–Trinajstić information content (AvgIpc) is 3.04. The summed E-state index contributed by atoms with van der Waals surface area (Å²) in [6.45, 7) is 3.76. The van der Waals surface area contributed by atoms with Gasteiger partial charge in [-0.2, -0.15) is 4.98 Å². The van der Waals surface area contributed by atoms with Crippen molar-refractivity contribution in [3.8, 4) is 22.9 Å². The van der Waals surface area contributed by atoms with Crippen LogP contribution in [0.3, 0.4) is 0 Å². The Morgan fingerprint density at radius 3 is 2.72 bits per heavy atom. The predicted octanol–water partition coefficient (Wildman–Crippen LogP) is 3.40. The molecule has 1 heterocycles. The largest absolute Gasteiger partial charge is 0.504 e. The monoisotopic (exact) mass is 339 g/mol. The molecular weight excluding hydrogens is 322 g/mol. The second-order valence-electron chi connectivity index (χ2n) is 5.49. The first kappa shape index (κ1) is 16.5. The summed E-state index contributed by atoms with van der Waals surface area (Å²) in [5.74, 6) is 0.661. The van der Waals surface area contributed by atoms with Crippen molar-refractivity contribution >= 4 is 5.71 Å². The molecular formula is C18H17N3O4. The van der Waals surface area contributed by atoms with Crippen LogP contribution in [-0.2, 0) is 11.4 Å². The van der Waals surface area contributed by atoms with E-state index in [9.17, 15) is 10.2 Å². The molecule has 2 N–H and O–H groups in total. The Balaban J connectivity index is 1.68. The maximum absolute atomic E-state index is 9.53. The fraction of sp³-hybridized carbons (Fsp3) is 0.167. The number of oxime groups is 1. The van der Waals surface area contributed by atoms with Gasteiger partial charge in [0.25, 0.3) is 0 Å². The van der Waals surface area contributed by atoms with Gasteiger partial charge in [0.1, 0.15) is 6.61 Å². The van der Waals surface area contributed by atoms with Gasteiger partial charge < -0.3 is 19.6 Å².